The second kappa shape index (κ2) is 7.14. The Kier molecular flexibility index (Phi) is 6.09. The van der Waals surface area contributed by atoms with Crippen LogP contribution in [-0.2, 0) is 4.57 Å². The van der Waals surface area contributed by atoms with E-state index in [4.69, 9.17) is 29.2 Å². The Morgan fingerprint density at radius 2 is 1.90 bits per heavy atom. The van der Waals surface area contributed by atoms with Gasteiger partial charge in [-0.05, 0) is 6.07 Å². The lowest BCUT2D eigenvalue weighted by atomic mass is 10.5. The van der Waals surface area contributed by atoms with E-state index in [0.29, 0.717) is 0 Å². The van der Waals surface area contributed by atoms with E-state index >= 15 is 0 Å². The van der Waals surface area contributed by atoms with Crippen LogP contribution in [-0.4, -0.2) is 52.8 Å². The second-order valence-corrected chi connectivity index (χ2v) is 6.95. The van der Waals surface area contributed by atoms with Gasteiger partial charge in [-0.1, -0.05) is 0 Å². The van der Waals surface area contributed by atoms with Gasteiger partial charge in [0.05, 0.1) is 6.61 Å². The van der Waals surface area contributed by atoms with Crippen molar-refractivity contribution in [3.63, 3.8) is 0 Å². The predicted molar refractivity (Wildman–Crippen MR) is 70.1 cm³/mol. The Morgan fingerprint density at radius 3 is 2.40 bits per heavy atom. The van der Waals surface area contributed by atoms with E-state index in [0.717, 1.165) is 0 Å². The van der Waals surface area contributed by atoms with Crippen molar-refractivity contribution < 1.29 is 33.8 Å². The van der Waals surface area contributed by atoms with E-state index in [9.17, 15) is 4.57 Å². The Morgan fingerprint density at radius 1 is 1.30 bits per heavy atom. The van der Waals surface area contributed by atoms with E-state index < -0.39 is 20.7 Å². The molecular weight excluding hydrogens is 312 g/mol. The Balaban J connectivity index is 2.48. The van der Waals surface area contributed by atoms with Crippen molar-refractivity contribution in [1.29, 1.82) is 0 Å². The fourth-order valence-electron chi connectivity index (χ4n) is 1.13. The molecule has 12 heteroatoms. The highest BCUT2D eigenvalue weighted by atomic mass is 31.3. The molecule has 0 bridgehead atoms. The zero-order valence-corrected chi connectivity index (χ0v) is 11.9. The van der Waals surface area contributed by atoms with Crippen molar-refractivity contribution in [2.45, 2.75) is 6.42 Å². The molecule has 0 atom stereocenters. The summed E-state index contributed by atoms with van der Waals surface area (Å²) in [6.45, 7) is -0.0631. The van der Waals surface area contributed by atoms with Crippen LogP contribution in [0.3, 0.4) is 0 Å². The number of rotatable bonds is 7. The van der Waals surface area contributed by atoms with Crippen LogP contribution in [0.1, 0.15) is 6.42 Å². The zero-order chi connectivity index (χ0) is 15.2. The minimum absolute atomic E-state index is 0.107. The first-order chi connectivity index (χ1) is 9.21. The third kappa shape index (κ3) is 5.98. The molecule has 0 aromatic carbocycles. The van der Waals surface area contributed by atoms with Gasteiger partial charge in [-0.15, -0.1) is 0 Å². The lowest BCUT2D eigenvalue weighted by Gasteiger charge is -2.08. The molecule has 0 aliphatic carbocycles. The van der Waals surface area contributed by atoms with Crippen LogP contribution in [0.15, 0.2) is 23.5 Å². The second-order valence-electron chi connectivity index (χ2n) is 3.53. The number of hydrogen-bond acceptors (Lipinski definition) is 8. The Labute approximate surface area is 114 Å². The topological polar surface area (TPSA) is 166 Å². The zero-order valence-electron chi connectivity index (χ0n) is 10.1. The average molecular weight is 326 g/mol. The monoisotopic (exact) mass is 326 g/mol. The summed E-state index contributed by atoms with van der Waals surface area (Å²) in [6.07, 6.45) is 3.17. The molecule has 0 aliphatic rings. The van der Waals surface area contributed by atoms with Crippen LogP contribution in [0.2, 0.25) is 0 Å². The minimum Gasteiger partial charge on any atom is -0.463 e. The van der Waals surface area contributed by atoms with Crippen LogP contribution in [0, 0.1) is 0 Å². The van der Waals surface area contributed by atoms with Crippen molar-refractivity contribution in [3.8, 4) is 6.01 Å². The van der Waals surface area contributed by atoms with Gasteiger partial charge in [0.25, 0.3) is 0 Å². The summed E-state index contributed by atoms with van der Waals surface area (Å²) >= 11 is 0. The maximum atomic E-state index is 10.9. The van der Waals surface area contributed by atoms with Crippen molar-refractivity contribution in [2.24, 2.45) is 4.99 Å². The van der Waals surface area contributed by atoms with E-state index in [2.05, 4.69) is 15.0 Å². The summed E-state index contributed by atoms with van der Waals surface area (Å²) in [4.78, 5) is 55.2. The molecule has 20 heavy (non-hydrogen) atoms. The molecule has 10 nitrogen and oxygen atoms in total. The minimum atomic E-state index is -5.02. The molecule has 5 N–H and O–H groups in total. The third-order valence-corrected chi connectivity index (χ3v) is 4.78. The van der Waals surface area contributed by atoms with Gasteiger partial charge in [-0.25, -0.2) is 19.5 Å². The summed E-state index contributed by atoms with van der Waals surface area (Å²) in [5, 5.41) is -1.30. The van der Waals surface area contributed by atoms with E-state index in [1.165, 1.54) is 12.4 Å². The molecule has 0 spiro atoms. The largest absolute Gasteiger partial charge is 0.469 e. The molecule has 1 aromatic rings. The summed E-state index contributed by atoms with van der Waals surface area (Å²) < 4.78 is 16.0. The highest BCUT2D eigenvalue weighted by Gasteiger charge is 2.51. The van der Waals surface area contributed by atoms with Gasteiger partial charge >= 0.3 is 26.7 Å². The molecular formula is C8H14N3O7P2+. The number of nitrogens with zero attached hydrogens (tertiary/aromatic N) is 3. The molecule has 0 saturated carbocycles. The van der Waals surface area contributed by atoms with Crippen LogP contribution >= 0.6 is 15.5 Å². The van der Waals surface area contributed by atoms with E-state index in [1.54, 1.807) is 6.07 Å². The van der Waals surface area contributed by atoms with Crippen LogP contribution in [0.25, 0.3) is 0 Å². The fourth-order valence-corrected chi connectivity index (χ4v) is 3.10. The van der Waals surface area contributed by atoms with Crippen LogP contribution in [0.5, 0.6) is 6.01 Å². The SMILES string of the molecule is O=P(O)(O)C(=NCCCOc1ncccn1)[P+](O)(O)O. The maximum Gasteiger partial charge on any atom is 0.469 e. The van der Waals surface area contributed by atoms with Gasteiger partial charge in [0.2, 0.25) is 0 Å². The normalized spacial score (nSPS) is 13.3. The lowest BCUT2D eigenvalue weighted by molar-refractivity contribution is 0.288. The van der Waals surface area contributed by atoms with E-state index in [1.807, 2.05) is 0 Å². The molecule has 1 heterocycles. The first-order valence-electron chi connectivity index (χ1n) is 5.29. The number of ether oxygens (including phenoxy) is 1. The summed E-state index contributed by atoms with van der Waals surface area (Å²) in [7, 11) is -9.85. The van der Waals surface area contributed by atoms with Gasteiger partial charge in [-0.2, -0.15) is 14.7 Å². The Hall–Kier alpha value is -0.990. The number of aliphatic imine (C=N–C) groups is 1. The number of aromatic nitrogens is 2. The summed E-state index contributed by atoms with van der Waals surface area (Å²) in [6, 6.07) is 1.75. The lowest BCUT2D eigenvalue weighted by Crippen LogP contribution is -2.08. The van der Waals surface area contributed by atoms with Gasteiger partial charge in [0.15, 0.2) is 0 Å². The fraction of sp³-hybridized carbons (Fsp3) is 0.375. The van der Waals surface area contributed by atoms with Crippen LogP contribution < -0.4 is 4.74 Å². The first kappa shape index (κ1) is 17.1. The smallest absolute Gasteiger partial charge is 0.463 e. The predicted octanol–water partition coefficient (Wildman–Crippen LogP) is -0.481. The molecule has 0 aliphatic heterocycles. The van der Waals surface area contributed by atoms with Gasteiger partial charge < -0.3 is 14.5 Å². The van der Waals surface area contributed by atoms with Crippen molar-refractivity contribution in [3.05, 3.63) is 18.5 Å². The Bertz CT molecular complexity index is 499. The third-order valence-electron chi connectivity index (χ3n) is 1.86. The standard InChI is InChI=1S/C8H13N3O7P2/c12-19(13,14)8(20(15,16)17)11-5-2-6-18-7-9-3-1-4-10-7/h1,3-4,12-14H,2,5-6H2,(H-,15,16,17)/p+1. The van der Waals surface area contributed by atoms with Gasteiger partial charge in [0, 0.05) is 25.4 Å². The van der Waals surface area contributed by atoms with Crippen molar-refractivity contribution in [2.75, 3.05) is 13.2 Å². The molecule has 0 unspecified atom stereocenters. The quantitative estimate of drug-likeness (QED) is 0.252. The number of hydrogen-bond donors (Lipinski definition) is 5. The van der Waals surface area contributed by atoms with Gasteiger partial charge in [-0.3, -0.25) is 0 Å². The summed E-state index contributed by atoms with van der Waals surface area (Å²) in [5.41, 5.74) is 0. The molecule has 112 valence electrons. The highest BCUT2D eigenvalue weighted by Crippen LogP contribution is 2.60. The van der Waals surface area contributed by atoms with Crippen molar-refractivity contribution >= 4 is 20.7 Å². The molecule has 1 rings (SSSR count). The maximum absolute atomic E-state index is 10.9. The molecule has 0 fully saturated rings. The van der Waals surface area contributed by atoms with Crippen LogP contribution in [0.4, 0.5) is 0 Å². The highest BCUT2D eigenvalue weighted by molar-refractivity contribution is 8.00. The van der Waals surface area contributed by atoms with Crippen molar-refractivity contribution in [1.82, 2.24) is 9.97 Å². The summed E-state index contributed by atoms with van der Waals surface area (Å²) in [5.74, 6) is 0. The van der Waals surface area contributed by atoms with Gasteiger partial charge in [0.1, 0.15) is 0 Å². The molecule has 0 saturated heterocycles. The van der Waals surface area contributed by atoms with E-state index in [-0.39, 0.29) is 25.6 Å². The average Bonchev–Trinajstić information content (AvgIpc) is 2.31. The molecule has 1 aromatic heterocycles. The molecule has 0 radical (unpaired) electrons. The first-order valence-corrected chi connectivity index (χ1v) is 8.55. The molecule has 0 amide bonds.